The van der Waals surface area contributed by atoms with Crippen molar-refractivity contribution in [3.05, 3.63) is 53.1 Å². The van der Waals surface area contributed by atoms with Crippen LogP contribution in [0.2, 0.25) is 0 Å². The number of rotatable bonds is 4. The lowest BCUT2D eigenvalue weighted by atomic mass is 10.1. The molecule has 3 nitrogen and oxygen atoms in total. The van der Waals surface area contributed by atoms with E-state index in [9.17, 15) is 0 Å². The number of fused-ring (bicyclic) bond motifs is 1. The summed E-state index contributed by atoms with van der Waals surface area (Å²) in [7, 11) is 0. The van der Waals surface area contributed by atoms with Crippen molar-refractivity contribution in [1.29, 1.82) is 0 Å². The molecule has 0 fully saturated rings. The van der Waals surface area contributed by atoms with Gasteiger partial charge < -0.3 is 9.73 Å². The third kappa shape index (κ3) is 2.83. The molecule has 0 saturated carbocycles. The van der Waals surface area contributed by atoms with Crippen LogP contribution in [-0.2, 0) is 6.54 Å². The van der Waals surface area contributed by atoms with Crippen LogP contribution in [0.25, 0.3) is 22.6 Å². The second-order valence-corrected chi connectivity index (χ2v) is 5.40. The topological polar surface area (TPSA) is 38.1 Å². The molecule has 3 aromatic rings. The maximum absolute atomic E-state index is 5.93. The van der Waals surface area contributed by atoms with E-state index in [1.165, 1.54) is 16.7 Å². The lowest BCUT2D eigenvalue weighted by Gasteiger charge is -2.01. The molecular formula is C18H20N2O. The first-order chi connectivity index (χ1) is 10.2. The van der Waals surface area contributed by atoms with Gasteiger partial charge in [-0.15, -0.1) is 0 Å². The van der Waals surface area contributed by atoms with Crippen molar-refractivity contribution in [2.24, 2.45) is 0 Å². The summed E-state index contributed by atoms with van der Waals surface area (Å²) in [4.78, 5) is 4.59. The number of benzene rings is 2. The Morgan fingerprint density at radius 1 is 1.05 bits per heavy atom. The van der Waals surface area contributed by atoms with E-state index in [-0.39, 0.29) is 0 Å². The van der Waals surface area contributed by atoms with Crippen LogP contribution in [0.15, 0.2) is 40.8 Å². The Morgan fingerprint density at radius 3 is 2.67 bits per heavy atom. The molecule has 0 atom stereocenters. The lowest BCUT2D eigenvalue weighted by Crippen LogP contribution is -2.11. The number of hydrogen-bond acceptors (Lipinski definition) is 3. The average molecular weight is 280 g/mol. The monoisotopic (exact) mass is 280 g/mol. The zero-order chi connectivity index (χ0) is 14.8. The van der Waals surface area contributed by atoms with E-state index >= 15 is 0 Å². The molecule has 0 radical (unpaired) electrons. The molecule has 1 heterocycles. The van der Waals surface area contributed by atoms with Crippen molar-refractivity contribution in [1.82, 2.24) is 10.3 Å². The first-order valence-electron chi connectivity index (χ1n) is 7.35. The molecule has 0 bridgehead atoms. The average Bonchev–Trinajstić information content (AvgIpc) is 2.91. The molecule has 0 spiro atoms. The molecule has 21 heavy (non-hydrogen) atoms. The molecule has 0 unspecified atom stereocenters. The fourth-order valence-corrected chi connectivity index (χ4v) is 2.35. The summed E-state index contributed by atoms with van der Waals surface area (Å²) in [6.07, 6.45) is 0. The van der Waals surface area contributed by atoms with Crippen molar-refractivity contribution in [2.75, 3.05) is 6.54 Å². The molecule has 0 aliphatic rings. The maximum Gasteiger partial charge on any atom is 0.227 e. The Bertz CT molecular complexity index is 774. The van der Waals surface area contributed by atoms with Crippen molar-refractivity contribution in [2.45, 2.75) is 27.3 Å². The van der Waals surface area contributed by atoms with Crippen LogP contribution < -0.4 is 5.32 Å². The van der Waals surface area contributed by atoms with Crippen LogP contribution in [0.5, 0.6) is 0 Å². The number of hydrogen-bond donors (Lipinski definition) is 1. The van der Waals surface area contributed by atoms with Gasteiger partial charge in [0.15, 0.2) is 5.58 Å². The Balaban J connectivity index is 1.98. The third-order valence-corrected chi connectivity index (χ3v) is 3.79. The number of aromatic nitrogens is 1. The summed E-state index contributed by atoms with van der Waals surface area (Å²) >= 11 is 0. The van der Waals surface area contributed by atoms with E-state index in [2.05, 4.69) is 61.4 Å². The maximum atomic E-state index is 5.93. The Kier molecular flexibility index (Phi) is 3.76. The fourth-order valence-electron chi connectivity index (χ4n) is 2.35. The minimum Gasteiger partial charge on any atom is -0.436 e. The highest BCUT2D eigenvalue weighted by Crippen LogP contribution is 2.26. The van der Waals surface area contributed by atoms with Crippen LogP contribution >= 0.6 is 0 Å². The van der Waals surface area contributed by atoms with Gasteiger partial charge in [0.25, 0.3) is 0 Å². The van der Waals surface area contributed by atoms with Gasteiger partial charge in [-0.1, -0.05) is 19.1 Å². The number of aryl methyl sites for hydroxylation is 2. The predicted octanol–water partition coefficient (Wildman–Crippen LogP) is 4.22. The molecule has 0 aliphatic carbocycles. The molecular weight excluding hydrogens is 260 g/mol. The lowest BCUT2D eigenvalue weighted by molar-refractivity contribution is 0.618. The van der Waals surface area contributed by atoms with E-state index in [1.807, 2.05) is 6.07 Å². The summed E-state index contributed by atoms with van der Waals surface area (Å²) in [5, 5.41) is 3.32. The molecule has 3 heteroatoms. The van der Waals surface area contributed by atoms with Gasteiger partial charge in [-0.3, -0.25) is 0 Å². The molecule has 108 valence electrons. The summed E-state index contributed by atoms with van der Waals surface area (Å²) in [6, 6.07) is 12.5. The van der Waals surface area contributed by atoms with Crippen LogP contribution in [0.3, 0.4) is 0 Å². The normalized spacial score (nSPS) is 11.2. The molecule has 3 rings (SSSR count). The SMILES string of the molecule is CCNCc1ccc2nc(-c3ccc(C)c(C)c3)oc2c1. The fraction of sp³-hybridized carbons (Fsp3) is 0.278. The number of nitrogens with one attached hydrogen (secondary N) is 1. The zero-order valence-corrected chi connectivity index (χ0v) is 12.7. The Morgan fingerprint density at radius 2 is 1.90 bits per heavy atom. The smallest absolute Gasteiger partial charge is 0.227 e. The summed E-state index contributed by atoms with van der Waals surface area (Å²) in [5.41, 5.74) is 6.53. The van der Waals surface area contributed by atoms with Gasteiger partial charge in [-0.2, -0.15) is 0 Å². The van der Waals surface area contributed by atoms with Crippen molar-refractivity contribution in [3.8, 4) is 11.5 Å². The zero-order valence-electron chi connectivity index (χ0n) is 12.7. The second kappa shape index (κ2) is 5.70. The molecule has 2 aromatic carbocycles. The van der Waals surface area contributed by atoms with Gasteiger partial charge in [0, 0.05) is 12.1 Å². The summed E-state index contributed by atoms with van der Waals surface area (Å²) in [6.45, 7) is 8.13. The largest absolute Gasteiger partial charge is 0.436 e. The minimum absolute atomic E-state index is 0.689. The molecule has 0 saturated heterocycles. The van der Waals surface area contributed by atoms with Gasteiger partial charge in [0.2, 0.25) is 5.89 Å². The van der Waals surface area contributed by atoms with E-state index in [1.54, 1.807) is 0 Å². The quantitative estimate of drug-likeness (QED) is 0.777. The van der Waals surface area contributed by atoms with Crippen LogP contribution in [0.1, 0.15) is 23.6 Å². The highest BCUT2D eigenvalue weighted by atomic mass is 16.3. The van der Waals surface area contributed by atoms with E-state index < -0.39 is 0 Å². The third-order valence-electron chi connectivity index (χ3n) is 3.79. The van der Waals surface area contributed by atoms with E-state index in [0.717, 1.165) is 29.8 Å². The standard InChI is InChI=1S/C18H20N2O/c1-4-19-11-14-6-8-16-17(10-14)21-18(20-16)15-7-5-12(2)13(3)9-15/h5-10,19H,4,11H2,1-3H3. The van der Waals surface area contributed by atoms with Crippen LogP contribution in [0, 0.1) is 13.8 Å². The first kappa shape index (κ1) is 13.8. The van der Waals surface area contributed by atoms with Crippen LogP contribution in [0.4, 0.5) is 0 Å². The molecule has 0 amide bonds. The second-order valence-electron chi connectivity index (χ2n) is 5.40. The number of nitrogens with zero attached hydrogens (tertiary/aromatic N) is 1. The summed E-state index contributed by atoms with van der Waals surface area (Å²) < 4.78 is 5.93. The van der Waals surface area contributed by atoms with Gasteiger partial charge in [-0.25, -0.2) is 4.98 Å². The van der Waals surface area contributed by atoms with Gasteiger partial charge in [0.1, 0.15) is 5.52 Å². The first-order valence-corrected chi connectivity index (χ1v) is 7.35. The van der Waals surface area contributed by atoms with Crippen molar-refractivity contribution >= 4 is 11.1 Å². The number of oxazole rings is 1. The van der Waals surface area contributed by atoms with Crippen molar-refractivity contribution in [3.63, 3.8) is 0 Å². The predicted molar refractivity (Wildman–Crippen MR) is 86.3 cm³/mol. The van der Waals surface area contributed by atoms with Crippen molar-refractivity contribution < 1.29 is 4.42 Å². The highest BCUT2D eigenvalue weighted by Gasteiger charge is 2.09. The minimum atomic E-state index is 0.689. The molecule has 1 aromatic heterocycles. The molecule has 1 N–H and O–H groups in total. The Labute approximate surface area is 125 Å². The Hall–Kier alpha value is -2.13. The van der Waals surface area contributed by atoms with Gasteiger partial charge >= 0.3 is 0 Å². The van der Waals surface area contributed by atoms with E-state index in [0.29, 0.717) is 5.89 Å². The van der Waals surface area contributed by atoms with E-state index in [4.69, 9.17) is 4.42 Å². The van der Waals surface area contributed by atoms with Gasteiger partial charge in [0.05, 0.1) is 0 Å². The molecule has 0 aliphatic heterocycles. The van der Waals surface area contributed by atoms with Gasteiger partial charge in [-0.05, 0) is 61.3 Å². The summed E-state index contributed by atoms with van der Waals surface area (Å²) in [5.74, 6) is 0.689. The van der Waals surface area contributed by atoms with Crippen LogP contribution in [-0.4, -0.2) is 11.5 Å². The highest BCUT2D eigenvalue weighted by molar-refractivity contribution is 5.77.